The van der Waals surface area contributed by atoms with Gasteiger partial charge in [-0.2, -0.15) is 0 Å². The van der Waals surface area contributed by atoms with E-state index in [0.717, 1.165) is 11.4 Å². The Balaban J connectivity index is 2.07. The number of hydrogen-bond acceptors (Lipinski definition) is 2. The van der Waals surface area contributed by atoms with Gasteiger partial charge in [-0.1, -0.05) is 0 Å². The minimum atomic E-state index is 0.341. The number of aromatic amines is 1. The van der Waals surface area contributed by atoms with Gasteiger partial charge in [-0.25, -0.2) is 0 Å². The molecule has 2 bridgehead atoms. The molecule has 0 spiro atoms. The van der Waals surface area contributed by atoms with Gasteiger partial charge in [0, 0.05) is 30.1 Å². The molecule has 3 heteroatoms. The van der Waals surface area contributed by atoms with Crippen molar-refractivity contribution in [1.82, 2.24) is 4.98 Å². The van der Waals surface area contributed by atoms with Gasteiger partial charge in [0.2, 0.25) is 0 Å². The molecule has 16 heavy (non-hydrogen) atoms. The second-order valence-corrected chi connectivity index (χ2v) is 4.88. The van der Waals surface area contributed by atoms with Crippen LogP contribution in [0, 0.1) is 0 Å². The summed E-state index contributed by atoms with van der Waals surface area (Å²) in [7, 11) is 0. The maximum atomic E-state index is 9.51. The Morgan fingerprint density at radius 1 is 1.25 bits per heavy atom. The van der Waals surface area contributed by atoms with Crippen LogP contribution in [0.2, 0.25) is 0 Å². The Hall–Kier alpha value is -1.64. The molecule has 4 heterocycles. The van der Waals surface area contributed by atoms with Crippen molar-refractivity contribution >= 4 is 16.7 Å². The van der Waals surface area contributed by atoms with Crippen LogP contribution in [-0.4, -0.2) is 23.2 Å². The first-order valence-corrected chi connectivity index (χ1v) is 5.92. The van der Waals surface area contributed by atoms with E-state index in [9.17, 15) is 5.11 Å². The topological polar surface area (TPSA) is 39.3 Å². The molecule has 3 nitrogen and oxygen atoms in total. The maximum absolute atomic E-state index is 9.51. The van der Waals surface area contributed by atoms with Crippen molar-refractivity contribution in [1.29, 1.82) is 0 Å². The molecule has 2 aromatic rings. The molecule has 1 aromatic heterocycles. The molecular formula is C13H14N2O. The Bertz CT molecular complexity index is 565. The number of aromatic nitrogens is 1. The van der Waals surface area contributed by atoms with Crippen LogP contribution in [0.15, 0.2) is 18.2 Å². The molecule has 3 aliphatic rings. The summed E-state index contributed by atoms with van der Waals surface area (Å²) in [6.07, 6.45) is 2.56. The lowest BCUT2D eigenvalue weighted by atomic mass is 9.84. The number of H-pyrrole nitrogens is 1. The lowest BCUT2D eigenvalue weighted by molar-refractivity contribution is 0.475. The second kappa shape index (κ2) is 2.73. The quantitative estimate of drug-likeness (QED) is 0.707. The van der Waals surface area contributed by atoms with Gasteiger partial charge in [-0.05, 0) is 30.9 Å². The highest BCUT2D eigenvalue weighted by atomic mass is 16.3. The number of phenols is 1. The van der Waals surface area contributed by atoms with Gasteiger partial charge in [-0.3, -0.25) is 0 Å². The van der Waals surface area contributed by atoms with Crippen molar-refractivity contribution in [2.45, 2.75) is 18.8 Å². The van der Waals surface area contributed by atoms with Gasteiger partial charge in [-0.15, -0.1) is 0 Å². The fourth-order valence-electron chi connectivity index (χ4n) is 3.25. The number of benzene rings is 1. The average molecular weight is 214 g/mol. The highest BCUT2D eigenvalue weighted by molar-refractivity contribution is 5.91. The predicted molar refractivity (Wildman–Crippen MR) is 64.2 cm³/mol. The summed E-state index contributed by atoms with van der Waals surface area (Å²) in [6.45, 7) is 2.35. The van der Waals surface area contributed by atoms with E-state index in [1.54, 1.807) is 6.07 Å². The Morgan fingerprint density at radius 3 is 2.88 bits per heavy atom. The number of phenolic OH excluding ortho intramolecular Hbond substituents is 1. The highest BCUT2D eigenvalue weighted by Gasteiger charge is 2.33. The van der Waals surface area contributed by atoms with Gasteiger partial charge in [0.05, 0.1) is 5.52 Å². The van der Waals surface area contributed by atoms with Crippen molar-refractivity contribution in [3.8, 4) is 5.75 Å². The van der Waals surface area contributed by atoms with Crippen LogP contribution in [0.1, 0.15) is 24.3 Å². The van der Waals surface area contributed by atoms with Crippen molar-refractivity contribution < 1.29 is 5.11 Å². The minimum absolute atomic E-state index is 0.341. The van der Waals surface area contributed by atoms with Crippen molar-refractivity contribution in [2.75, 3.05) is 18.0 Å². The lowest BCUT2D eigenvalue weighted by Crippen LogP contribution is -2.38. The lowest BCUT2D eigenvalue weighted by Gasteiger charge is -2.40. The van der Waals surface area contributed by atoms with Crippen molar-refractivity contribution in [3.05, 3.63) is 23.8 Å². The summed E-state index contributed by atoms with van der Waals surface area (Å²) in [5.41, 5.74) is 2.55. The van der Waals surface area contributed by atoms with Gasteiger partial charge >= 0.3 is 0 Å². The van der Waals surface area contributed by atoms with E-state index in [2.05, 4.69) is 9.88 Å². The first kappa shape index (κ1) is 8.50. The van der Waals surface area contributed by atoms with Gasteiger partial charge in [0.15, 0.2) is 0 Å². The first-order valence-electron chi connectivity index (χ1n) is 5.92. The van der Waals surface area contributed by atoms with Gasteiger partial charge in [0.25, 0.3) is 0 Å². The molecule has 5 rings (SSSR count). The van der Waals surface area contributed by atoms with Crippen LogP contribution < -0.4 is 4.90 Å². The highest BCUT2D eigenvalue weighted by Crippen LogP contribution is 2.45. The average Bonchev–Trinajstić information content (AvgIpc) is 2.70. The molecule has 1 saturated heterocycles. The SMILES string of the molecule is Oc1ccc2c3c([nH]c2c1)N1CCC3CC1. The van der Waals surface area contributed by atoms with Crippen LogP contribution >= 0.6 is 0 Å². The fraction of sp³-hybridized carbons (Fsp3) is 0.385. The third kappa shape index (κ3) is 0.932. The zero-order valence-corrected chi connectivity index (χ0v) is 9.03. The van der Waals surface area contributed by atoms with Crippen LogP contribution in [-0.2, 0) is 0 Å². The van der Waals surface area contributed by atoms with E-state index in [0.29, 0.717) is 5.75 Å². The number of fused-ring (bicyclic) bond motifs is 3. The van der Waals surface area contributed by atoms with Crippen LogP contribution in [0.3, 0.4) is 0 Å². The van der Waals surface area contributed by atoms with E-state index >= 15 is 0 Å². The number of nitrogens with zero attached hydrogens (tertiary/aromatic N) is 1. The normalized spacial score (nSPS) is 19.4. The van der Waals surface area contributed by atoms with Crippen LogP contribution in [0.25, 0.3) is 10.9 Å². The fourth-order valence-corrected chi connectivity index (χ4v) is 3.25. The van der Waals surface area contributed by atoms with Gasteiger partial charge < -0.3 is 15.0 Å². The van der Waals surface area contributed by atoms with Gasteiger partial charge in [0.1, 0.15) is 11.6 Å². The summed E-state index contributed by atoms with van der Waals surface area (Å²) in [5.74, 6) is 2.36. The van der Waals surface area contributed by atoms with Crippen LogP contribution in [0.5, 0.6) is 5.75 Å². The molecule has 3 aliphatic heterocycles. The summed E-state index contributed by atoms with van der Waals surface area (Å²) >= 11 is 0. The molecule has 0 amide bonds. The molecule has 0 unspecified atom stereocenters. The third-order valence-corrected chi connectivity index (χ3v) is 4.02. The number of hydrogen-bond donors (Lipinski definition) is 2. The zero-order valence-electron chi connectivity index (χ0n) is 9.03. The molecular weight excluding hydrogens is 200 g/mol. The molecule has 0 radical (unpaired) electrons. The summed E-state index contributed by atoms with van der Waals surface area (Å²) < 4.78 is 0. The van der Waals surface area contributed by atoms with E-state index in [1.807, 2.05) is 12.1 Å². The summed E-state index contributed by atoms with van der Waals surface area (Å²) in [5, 5.41) is 10.8. The zero-order chi connectivity index (χ0) is 10.7. The minimum Gasteiger partial charge on any atom is -0.508 e. The molecule has 82 valence electrons. The van der Waals surface area contributed by atoms with E-state index in [1.165, 1.54) is 42.7 Å². The van der Waals surface area contributed by atoms with Crippen molar-refractivity contribution in [3.63, 3.8) is 0 Å². The van der Waals surface area contributed by atoms with E-state index in [-0.39, 0.29) is 0 Å². The molecule has 1 aromatic carbocycles. The number of aromatic hydroxyl groups is 1. The van der Waals surface area contributed by atoms with E-state index in [4.69, 9.17) is 0 Å². The molecule has 0 saturated carbocycles. The molecule has 1 fully saturated rings. The Morgan fingerprint density at radius 2 is 2.06 bits per heavy atom. The van der Waals surface area contributed by atoms with Crippen LogP contribution in [0.4, 0.5) is 5.82 Å². The Kier molecular flexibility index (Phi) is 1.45. The number of nitrogens with one attached hydrogen (secondary N) is 1. The number of piperidine rings is 1. The molecule has 0 aliphatic carbocycles. The predicted octanol–water partition coefficient (Wildman–Crippen LogP) is 2.57. The number of rotatable bonds is 0. The third-order valence-electron chi connectivity index (χ3n) is 4.02. The first-order chi connectivity index (χ1) is 7.83. The standard InChI is InChI=1S/C13H14N2O/c16-9-1-2-10-11(7-9)14-13-12(10)8-3-5-15(13)6-4-8/h1-2,7-8,14,16H,3-6H2. The Labute approximate surface area is 93.7 Å². The van der Waals surface area contributed by atoms with Crippen molar-refractivity contribution in [2.24, 2.45) is 0 Å². The smallest absolute Gasteiger partial charge is 0.117 e. The molecule has 2 N–H and O–H groups in total. The molecule has 0 atom stereocenters. The van der Waals surface area contributed by atoms with E-state index < -0.39 is 0 Å². The largest absolute Gasteiger partial charge is 0.508 e. The monoisotopic (exact) mass is 214 g/mol. The second-order valence-electron chi connectivity index (χ2n) is 4.88. The maximum Gasteiger partial charge on any atom is 0.117 e. The summed E-state index contributed by atoms with van der Waals surface area (Å²) in [4.78, 5) is 5.89. The number of anilines is 1. The summed E-state index contributed by atoms with van der Waals surface area (Å²) in [6, 6.07) is 5.66.